The molecule has 3 rings (SSSR count). The minimum Gasteiger partial charge on any atom is -0.496 e. The van der Waals surface area contributed by atoms with Crippen LogP contribution in [0.2, 0.25) is 10.0 Å². The van der Waals surface area contributed by atoms with E-state index in [0.29, 0.717) is 29.3 Å². The van der Waals surface area contributed by atoms with Crippen molar-refractivity contribution in [3.8, 4) is 5.75 Å². The number of hydrogen-bond donors (Lipinski definition) is 2. The summed E-state index contributed by atoms with van der Waals surface area (Å²) in [5.74, 6) is -0.0388. The van der Waals surface area contributed by atoms with Crippen molar-refractivity contribution in [2.24, 2.45) is 0 Å². The molecule has 0 saturated carbocycles. The Morgan fingerprint density at radius 2 is 1.94 bits per heavy atom. The Bertz CT molecular complexity index is 1080. The van der Waals surface area contributed by atoms with E-state index in [1.165, 1.54) is 14.0 Å². The molecule has 2 unspecified atom stereocenters. The van der Waals surface area contributed by atoms with Crippen molar-refractivity contribution in [3.05, 3.63) is 63.6 Å². The monoisotopic (exact) mass is 485 g/mol. The molecule has 0 aromatic heterocycles. The number of rotatable bonds is 8. The molecule has 1 saturated heterocycles. The maximum absolute atomic E-state index is 13.1. The van der Waals surface area contributed by atoms with Gasteiger partial charge < -0.3 is 10.1 Å². The van der Waals surface area contributed by atoms with E-state index in [1.807, 2.05) is 12.1 Å². The zero-order chi connectivity index (χ0) is 22.9. The number of methoxy groups -OCH3 is 1. The normalized spacial score (nSPS) is 20.9. The number of carbonyl (C=O) groups excluding carboxylic acids is 1. The highest BCUT2D eigenvalue weighted by Gasteiger charge is 2.64. The molecular weight excluding hydrogens is 461 g/mol. The van der Waals surface area contributed by atoms with Crippen molar-refractivity contribution in [1.29, 1.82) is 0 Å². The molecular formula is C22H25Cl2NO5S. The second kappa shape index (κ2) is 9.08. The first-order valence-electron chi connectivity index (χ1n) is 9.85. The molecule has 1 fully saturated rings. The molecule has 6 nitrogen and oxygen atoms in total. The molecule has 31 heavy (non-hydrogen) atoms. The lowest BCUT2D eigenvalue weighted by Gasteiger charge is -2.45. The largest absolute Gasteiger partial charge is 0.496 e. The highest BCUT2D eigenvalue weighted by atomic mass is 35.5. The Labute approximate surface area is 192 Å². The number of carbonyl (C=O) groups is 1. The van der Waals surface area contributed by atoms with E-state index in [9.17, 15) is 17.8 Å². The van der Waals surface area contributed by atoms with Crippen LogP contribution in [0.15, 0.2) is 42.5 Å². The number of hydrogen-bond acceptors (Lipinski definition) is 5. The third-order valence-electron chi connectivity index (χ3n) is 6.35. The van der Waals surface area contributed by atoms with Gasteiger partial charge in [0.15, 0.2) is 10.5 Å². The van der Waals surface area contributed by atoms with Gasteiger partial charge >= 0.3 is 0 Å². The van der Waals surface area contributed by atoms with Gasteiger partial charge in [0.05, 0.1) is 17.2 Å². The summed E-state index contributed by atoms with van der Waals surface area (Å²) in [7, 11) is -3.31. The number of Topliss-reactive ketones (excluding diaryl/α,β-unsaturated/α-hetero) is 1. The van der Waals surface area contributed by atoms with Gasteiger partial charge in [-0.25, -0.2) is 0 Å². The Balaban J connectivity index is 2.21. The first-order valence-corrected chi connectivity index (χ1v) is 12.0. The molecule has 0 amide bonds. The zero-order valence-corrected chi connectivity index (χ0v) is 19.6. The van der Waals surface area contributed by atoms with Crippen LogP contribution in [-0.2, 0) is 26.7 Å². The van der Waals surface area contributed by atoms with E-state index in [4.69, 9.17) is 27.9 Å². The fraction of sp³-hybridized carbons (Fsp3) is 0.409. The summed E-state index contributed by atoms with van der Waals surface area (Å²) in [4.78, 5) is 13.1. The summed E-state index contributed by atoms with van der Waals surface area (Å²) >= 11 is 12.3. The van der Waals surface area contributed by atoms with Crippen molar-refractivity contribution in [3.63, 3.8) is 0 Å². The van der Waals surface area contributed by atoms with Gasteiger partial charge in [0.25, 0.3) is 10.1 Å². The highest BCUT2D eigenvalue weighted by Crippen LogP contribution is 2.49. The predicted molar refractivity (Wildman–Crippen MR) is 122 cm³/mol. The van der Waals surface area contributed by atoms with Gasteiger partial charge in [0.2, 0.25) is 0 Å². The van der Waals surface area contributed by atoms with Crippen LogP contribution in [0.25, 0.3) is 0 Å². The molecule has 0 bridgehead atoms. The van der Waals surface area contributed by atoms with Crippen LogP contribution in [-0.4, -0.2) is 43.7 Å². The topological polar surface area (TPSA) is 92.7 Å². The number of para-hydroxylation sites is 1. The smallest absolute Gasteiger partial charge is 0.278 e. The molecule has 2 aromatic carbocycles. The van der Waals surface area contributed by atoms with Crippen molar-refractivity contribution in [2.45, 2.75) is 36.3 Å². The van der Waals surface area contributed by atoms with E-state index in [0.717, 1.165) is 5.56 Å². The minimum absolute atomic E-state index is 0.122. The van der Waals surface area contributed by atoms with Crippen molar-refractivity contribution >= 4 is 39.1 Å². The summed E-state index contributed by atoms with van der Waals surface area (Å²) in [6.07, 6.45) is 0.423. The van der Waals surface area contributed by atoms with Gasteiger partial charge in [0.1, 0.15) is 5.75 Å². The predicted octanol–water partition coefficient (Wildman–Crippen LogP) is 4.08. The van der Waals surface area contributed by atoms with Gasteiger partial charge in [-0.2, -0.15) is 8.42 Å². The first-order chi connectivity index (χ1) is 14.6. The van der Waals surface area contributed by atoms with Crippen molar-refractivity contribution in [1.82, 2.24) is 5.32 Å². The average Bonchev–Trinajstić information content (AvgIpc) is 3.20. The van der Waals surface area contributed by atoms with E-state index in [2.05, 4.69) is 5.32 Å². The second-order valence-electron chi connectivity index (χ2n) is 7.81. The molecule has 0 spiro atoms. The van der Waals surface area contributed by atoms with Gasteiger partial charge in [-0.15, -0.1) is 0 Å². The molecule has 2 atom stereocenters. The standard InChI is InChI=1S/C22H25Cl2NO5S/c1-15(26)22(31(27,28)29,10-9-16-5-3-4-6-20(16)30-2)21(11-12-25-14-21)17-7-8-18(23)19(24)13-17/h3-8,13,25H,9-12,14H2,1-2H3,(H,27,28,29). The van der Waals surface area contributed by atoms with Gasteiger partial charge in [-0.1, -0.05) is 47.5 Å². The van der Waals surface area contributed by atoms with Crippen molar-refractivity contribution < 1.29 is 22.5 Å². The number of aryl methyl sites for hydroxylation is 1. The summed E-state index contributed by atoms with van der Waals surface area (Å²) in [6.45, 7) is 1.89. The number of ether oxygens (including phenoxy) is 1. The van der Waals surface area contributed by atoms with E-state index < -0.39 is 26.1 Å². The molecule has 2 aromatic rings. The Hall–Kier alpha value is -1.64. The molecule has 1 aliphatic rings. The van der Waals surface area contributed by atoms with Crippen LogP contribution in [0.1, 0.15) is 30.9 Å². The minimum atomic E-state index is -4.83. The number of ketones is 1. The van der Waals surface area contributed by atoms with Crippen LogP contribution in [0, 0.1) is 0 Å². The Morgan fingerprint density at radius 3 is 2.48 bits per heavy atom. The summed E-state index contributed by atoms with van der Waals surface area (Å²) in [5.41, 5.74) is 0.0668. The molecule has 0 radical (unpaired) electrons. The number of halogens is 2. The van der Waals surface area contributed by atoms with Gasteiger partial charge in [0, 0.05) is 12.0 Å². The fourth-order valence-electron chi connectivity index (χ4n) is 4.84. The first kappa shape index (κ1) is 24.0. The molecule has 1 aliphatic heterocycles. The van der Waals surface area contributed by atoms with Gasteiger partial charge in [-0.05, 0) is 62.1 Å². The Kier molecular flexibility index (Phi) is 7.03. The number of benzene rings is 2. The van der Waals surface area contributed by atoms with Crippen LogP contribution in [0.3, 0.4) is 0 Å². The zero-order valence-electron chi connectivity index (χ0n) is 17.3. The second-order valence-corrected chi connectivity index (χ2v) is 10.3. The fourth-order valence-corrected chi connectivity index (χ4v) is 6.65. The summed E-state index contributed by atoms with van der Waals surface area (Å²) in [5, 5.41) is 3.74. The lowest BCUT2D eigenvalue weighted by molar-refractivity contribution is -0.121. The maximum Gasteiger partial charge on any atom is 0.278 e. The summed E-state index contributed by atoms with van der Waals surface area (Å²) < 4.78 is 39.9. The van der Waals surface area contributed by atoms with Crippen LogP contribution in [0.4, 0.5) is 0 Å². The summed E-state index contributed by atoms with van der Waals surface area (Å²) in [6, 6.07) is 12.0. The number of nitrogens with one attached hydrogen (secondary N) is 1. The van der Waals surface area contributed by atoms with Crippen LogP contribution in [0.5, 0.6) is 5.75 Å². The molecule has 168 valence electrons. The molecule has 1 heterocycles. The lowest BCUT2D eigenvalue weighted by atomic mass is 9.65. The van der Waals surface area contributed by atoms with E-state index in [-0.39, 0.29) is 24.4 Å². The maximum atomic E-state index is 13.1. The van der Waals surface area contributed by atoms with Crippen LogP contribution < -0.4 is 10.1 Å². The van der Waals surface area contributed by atoms with Crippen LogP contribution >= 0.6 is 23.2 Å². The molecule has 0 aliphatic carbocycles. The molecule has 2 N–H and O–H groups in total. The van der Waals surface area contributed by atoms with E-state index in [1.54, 1.807) is 30.3 Å². The quantitative estimate of drug-likeness (QED) is 0.547. The molecule has 9 heteroatoms. The van der Waals surface area contributed by atoms with E-state index >= 15 is 0 Å². The third kappa shape index (κ3) is 4.10. The lowest BCUT2D eigenvalue weighted by Crippen LogP contribution is -2.62. The van der Waals surface area contributed by atoms with Gasteiger partial charge in [-0.3, -0.25) is 9.35 Å². The highest BCUT2D eigenvalue weighted by molar-refractivity contribution is 7.88. The average molecular weight is 486 g/mol. The Morgan fingerprint density at radius 1 is 1.23 bits per heavy atom. The third-order valence-corrected chi connectivity index (χ3v) is 8.85. The van der Waals surface area contributed by atoms with Crippen molar-refractivity contribution in [2.75, 3.05) is 20.2 Å². The SMILES string of the molecule is COc1ccccc1CCC(C(C)=O)(C1(c2ccc(Cl)c(Cl)c2)CCNC1)S(=O)(=O)O.